The lowest BCUT2D eigenvalue weighted by Crippen LogP contribution is -2.06. The van der Waals surface area contributed by atoms with Gasteiger partial charge < -0.3 is 13.9 Å². The zero-order valence-corrected chi connectivity index (χ0v) is 12.4. The molecule has 2 aromatic heterocycles. The minimum atomic E-state index is -0.365. The maximum Gasteiger partial charge on any atom is 0.341 e. The first-order chi connectivity index (χ1) is 10.7. The van der Waals surface area contributed by atoms with Crippen molar-refractivity contribution >= 4 is 11.6 Å². The van der Waals surface area contributed by atoms with Crippen LogP contribution in [-0.4, -0.2) is 29.1 Å². The molecule has 5 heteroatoms. The molecule has 2 heterocycles. The lowest BCUT2D eigenvalue weighted by Gasteiger charge is -2.02. The number of ether oxygens (including phenoxy) is 2. The van der Waals surface area contributed by atoms with Gasteiger partial charge in [-0.25, -0.2) is 9.78 Å². The van der Waals surface area contributed by atoms with Crippen molar-refractivity contribution in [1.82, 2.24) is 9.38 Å². The first-order valence-electron chi connectivity index (χ1n) is 7.02. The molecule has 0 radical (unpaired) electrons. The molecule has 3 rings (SSSR count). The average molecular weight is 296 g/mol. The molecule has 0 fully saturated rings. The van der Waals surface area contributed by atoms with Crippen LogP contribution in [0, 0.1) is 0 Å². The zero-order chi connectivity index (χ0) is 15.5. The molecule has 0 saturated heterocycles. The highest BCUT2D eigenvalue weighted by Crippen LogP contribution is 2.24. The average Bonchev–Trinajstić information content (AvgIpc) is 2.99. The number of carbonyl (C=O) groups is 1. The van der Waals surface area contributed by atoms with Gasteiger partial charge in [0.1, 0.15) is 11.3 Å². The van der Waals surface area contributed by atoms with Crippen LogP contribution in [0.2, 0.25) is 0 Å². The maximum absolute atomic E-state index is 12.0. The number of imidazole rings is 1. The van der Waals surface area contributed by atoms with Crippen molar-refractivity contribution in [3.8, 4) is 17.0 Å². The highest BCUT2D eigenvalue weighted by molar-refractivity contribution is 5.96. The van der Waals surface area contributed by atoms with Crippen LogP contribution in [0.5, 0.6) is 5.75 Å². The second kappa shape index (κ2) is 5.89. The molecule has 1 aromatic carbocycles. The molecule has 0 atom stereocenters. The fraction of sp³-hybridized carbons (Fsp3) is 0.176. The quantitative estimate of drug-likeness (QED) is 0.694. The molecule has 0 N–H and O–H groups in total. The second-order valence-electron chi connectivity index (χ2n) is 4.73. The molecule has 22 heavy (non-hydrogen) atoms. The number of rotatable bonds is 4. The fourth-order valence-electron chi connectivity index (χ4n) is 2.30. The molecule has 0 spiro atoms. The normalized spacial score (nSPS) is 10.6. The summed E-state index contributed by atoms with van der Waals surface area (Å²) in [5, 5.41) is 0. The highest BCUT2D eigenvalue weighted by atomic mass is 16.5. The van der Waals surface area contributed by atoms with Gasteiger partial charge in [0, 0.05) is 18.0 Å². The number of fused-ring (bicyclic) bond motifs is 1. The van der Waals surface area contributed by atoms with E-state index in [0.717, 1.165) is 17.0 Å². The number of esters is 1. The Bertz CT molecular complexity index is 824. The van der Waals surface area contributed by atoms with Gasteiger partial charge in [-0.1, -0.05) is 12.1 Å². The molecule has 0 unspecified atom stereocenters. The zero-order valence-electron chi connectivity index (χ0n) is 12.4. The van der Waals surface area contributed by atoms with E-state index in [2.05, 4.69) is 4.98 Å². The standard InChI is InChI=1S/C17H16N2O3/c1-3-22-17(20)14-8-5-9-19-11-15(18-16(14)19)12-6-4-7-13(10-12)21-2/h4-11H,3H2,1-2H3. The van der Waals surface area contributed by atoms with E-state index in [9.17, 15) is 4.79 Å². The minimum Gasteiger partial charge on any atom is -0.497 e. The van der Waals surface area contributed by atoms with Crippen LogP contribution in [-0.2, 0) is 4.74 Å². The van der Waals surface area contributed by atoms with Crippen LogP contribution < -0.4 is 4.74 Å². The molecule has 0 aliphatic carbocycles. The van der Waals surface area contributed by atoms with Crippen LogP contribution in [0.1, 0.15) is 17.3 Å². The van der Waals surface area contributed by atoms with Gasteiger partial charge in [-0.05, 0) is 31.2 Å². The number of methoxy groups -OCH3 is 1. The molecular weight excluding hydrogens is 280 g/mol. The highest BCUT2D eigenvalue weighted by Gasteiger charge is 2.14. The van der Waals surface area contributed by atoms with Crippen LogP contribution in [0.3, 0.4) is 0 Å². The second-order valence-corrected chi connectivity index (χ2v) is 4.73. The number of hydrogen-bond acceptors (Lipinski definition) is 4. The fourth-order valence-corrected chi connectivity index (χ4v) is 2.30. The van der Waals surface area contributed by atoms with E-state index in [4.69, 9.17) is 9.47 Å². The Labute approximate surface area is 128 Å². The van der Waals surface area contributed by atoms with Gasteiger partial charge in [-0.15, -0.1) is 0 Å². The predicted molar refractivity (Wildman–Crippen MR) is 83.1 cm³/mol. The number of hydrogen-bond donors (Lipinski definition) is 0. The molecule has 0 saturated carbocycles. The van der Waals surface area contributed by atoms with E-state index in [0.29, 0.717) is 17.8 Å². The first-order valence-corrected chi connectivity index (χ1v) is 7.02. The summed E-state index contributed by atoms with van der Waals surface area (Å²) in [6.07, 6.45) is 3.74. The summed E-state index contributed by atoms with van der Waals surface area (Å²) >= 11 is 0. The summed E-state index contributed by atoms with van der Waals surface area (Å²) in [5.41, 5.74) is 2.74. The molecule has 0 amide bonds. The Morgan fingerprint density at radius 2 is 2.14 bits per heavy atom. The Hall–Kier alpha value is -2.82. The van der Waals surface area contributed by atoms with Crippen molar-refractivity contribution in [1.29, 1.82) is 0 Å². The van der Waals surface area contributed by atoms with E-state index >= 15 is 0 Å². The summed E-state index contributed by atoms with van der Waals surface area (Å²) < 4.78 is 12.1. The minimum absolute atomic E-state index is 0.337. The predicted octanol–water partition coefficient (Wildman–Crippen LogP) is 3.19. The smallest absolute Gasteiger partial charge is 0.341 e. The van der Waals surface area contributed by atoms with Crippen molar-refractivity contribution in [3.05, 3.63) is 54.4 Å². The number of benzene rings is 1. The van der Waals surface area contributed by atoms with Gasteiger partial charge in [-0.2, -0.15) is 0 Å². The van der Waals surface area contributed by atoms with Crippen LogP contribution in [0.25, 0.3) is 16.9 Å². The number of nitrogens with zero attached hydrogens (tertiary/aromatic N) is 2. The third-order valence-corrected chi connectivity index (χ3v) is 3.34. The summed E-state index contributed by atoms with van der Waals surface area (Å²) in [5.74, 6) is 0.399. The van der Waals surface area contributed by atoms with Crippen LogP contribution in [0.15, 0.2) is 48.8 Å². The molecule has 5 nitrogen and oxygen atoms in total. The van der Waals surface area contributed by atoms with E-state index in [1.54, 1.807) is 26.2 Å². The van der Waals surface area contributed by atoms with Crippen LogP contribution in [0.4, 0.5) is 0 Å². The Morgan fingerprint density at radius 1 is 1.27 bits per heavy atom. The van der Waals surface area contributed by atoms with Crippen LogP contribution >= 0.6 is 0 Å². The Morgan fingerprint density at radius 3 is 2.91 bits per heavy atom. The SMILES string of the molecule is CCOC(=O)c1cccn2cc(-c3cccc(OC)c3)nc12. The van der Waals surface area contributed by atoms with E-state index < -0.39 is 0 Å². The summed E-state index contributed by atoms with van der Waals surface area (Å²) in [7, 11) is 1.63. The largest absolute Gasteiger partial charge is 0.497 e. The Balaban J connectivity index is 2.09. The van der Waals surface area contributed by atoms with Gasteiger partial charge in [0.25, 0.3) is 0 Å². The summed E-state index contributed by atoms with van der Waals surface area (Å²) in [6, 6.07) is 11.2. The maximum atomic E-state index is 12.0. The summed E-state index contributed by atoms with van der Waals surface area (Å²) in [6.45, 7) is 2.12. The Kier molecular flexibility index (Phi) is 3.78. The monoisotopic (exact) mass is 296 g/mol. The van der Waals surface area contributed by atoms with Crippen molar-refractivity contribution in [2.45, 2.75) is 6.92 Å². The van der Waals surface area contributed by atoms with Gasteiger partial charge in [0.2, 0.25) is 0 Å². The van der Waals surface area contributed by atoms with E-state index in [1.165, 1.54) is 0 Å². The van der Waals surface area contributed by atoms with Crippen molar-refractivity contribution in [2.75, 3.05) is 13.7 Å². The third kappa shape index (κ3) is 2.53. The number of pyridine rings is 1. The van der Waals surface area contributed by atoms with Crippen molar-refractivity contribution in [3.63, 3.8) is 0 Å². The molecule has 0 aliphatic heterocycles. The van der Waals surface area contributed by atoms with Gasteiger partial charge in [-0.3, -0.25) is 0 Å². The first kappa shape index (κ1) is 14.1. The van der Waals surface area contributed by atoms with Gasteiger partial charge in [0.05, 0.1) is 19.4 Å². The third-order valence-electron chi connectivity index (χ3n) is 3.34. The molecule has 0 aliphatic rings. The summed E-state index contributed by atoms with van der Waals surface area (Å²) in [4.78, 5) is 16.6. The molecular formula is C17H16N2O3. The lowest BCUT2D eigenvalue weighted by atomic mass is 10.1. The number of carbonyl (C=O) groups excluding carboxylic acids is 1. The molecule has 112 valence electrons. The number of aromatic nitrogens is 2. The lowest BCUT2D eigenvalue weighted by molar-refractivity contribution is 0.0528. The van der Waals surface area contributed by atoms with Gasteiger partial charge >= 0.3 is 5.97 Å². The molecule has 3 aromatic rings. The van der Waals surface area contributed by atoms with Gasteiger partial charge in [0.15, 0.2) is 5.65 Å². The van der Waals surface area contributed by atoms with Crippen molar-refractivity contribution in [2.24, 2.45) is 0 Å². The van der Waals surface area contributed by atoms with E-state index in [1.807, 2.05) is 41.1 Å². The van der Waals surface area contributed by atoms with Crippen molar-refractivity contribution < 1.29 is 14.3 Å². The molecule has 0 bridgehead atoms. The topological polar surface area (TPSA) is 52.8 Å². The van der Waals surface area contributed by atoms with E-state index in [-0.39, 0.29) is 5.97 Å².